The highest BCUT2D eigenvalue weighted by molar-refractivity contribution is 5.25. The summed E-state index contributed by atoms with van der Waals surface area (Å²) in [7, 11) is 0. The van der Waals surface area contributed by atoms with Crippen molar-refractivity contribution >= 4 is 0 Å². The van der Waals surface area contributed by atoms with Crippen LogP contribution >= 0.6 is 0 Å². The third kappa shape index (κ3) is 3.08. The molecule has 0 amide bonds. The van der Waals surface area contributed by atoms with Crippen LogP contribution in [0.1, 0.15) is 43.6 Å². The number of aromatic nitrogens is 2. The highest BCUT2D eigenvalue weighted by atomic mass is 15.3. The van der Waals surface area contributed by atoms with Gasteiger partial charge < -0.3 is 5.73 Å². The van der Waals surface area contributed by atoms with Gasteiger partial charge in [-0.3, -0.25) is 4.68 Å². The number of unbranched alkanes of at least 4 members (excludes halogenated alkanes) is 1. The average Bonchev–Trinajstić information content (AvgIpc) is 2.53. The van der Waals surface area contributed by atoms with Crippen molar-refractivity contribution < 1.29 is 0 Å². The van der Waals surface area contributed by atoms with Gasteiger partial charge in [0.15, 0.2) is 0 Å². The maximum absolute atomic E-state index is 5.68. The molecule has 1 rings (SSSR count). The summed E-state index contributed by atoms with van der Waals surface area (Å²) < 4.78 is 2.15. The van der Waals surface area contributed by atoms with Gasteiger partial charge in [0.1, 0.15) is 0 Å². The number of nitrogens with two attached hydrogens (primary N) is 1. The van der Waals surface area contributed by atoms with Crippen LogP contribution in [0.5, 0.6) is 0 Å². The van der Waals surface area contributed by atoms with Crippen molar-refractivity contribution in [1.82, 2.24) is 9.78 Å². The van der Waals surface area contributed by atoms with Gasteiger partial charge in [-0.05, 0) is 44.7 Å². The first-order chi connectivity index (χ1) is 7.60. The van der Waals surface area contributed by atoms with Crippen molar-refractivity contribution in [3.63, 3.8) is 0 Å². The predicted octanol–water partition coefficient (Wildman–Crippen LogP) is 2.44. The van der Waals surface area contributed by atoms with Crippen molar-refractivity contribution in [2.45, 2.75) is 53.5 Å². The first-order valence-electron chi connectivity index (χ1n) is 6.33. The molecule has 1 atom stereocenters. The summed E-state index contributed by atoms with van der Waals surface area (Å²) in [6, 6.07) is 0. The molecular weight excluding hydrogens is 198 g/mol. The smallest absolute Gasteiger partial charge is 0.0628 e. The Morgan fingerprint density at radius 3 is 2.62 bits per heavy atom. The Bertz CT molecular complexity index is 328. The van der Waals surface area contributed by atoms with E-state index in [1.54, 1.807) is 0 Å². The van der Waals surface area contributed by atoms with Crippen LogP contribution in [0, 0.1) is 19.8 Å². The van der Waals surface area contributed by atoms with Gasteiger partial charge in [0, 0.05) is 12.2 Å². The number of hydrogen-bond donors (Lipinski definition) is 1. The van der Waals surface area contributed by atoms with E-state index >= 15 is 0 Å². The number of hydrogen-bond acceptors (Lipinski definition) is 2. The fourth-order valence-corrected chi connectivity index (χ4v) is 1.99. The molecule has 2 N–H and O–H groups in total. The monoisotopic (exact) mass is 223 g/mol. The Labute approximate surface area is 99.0 Å². The zero-order valence-electron chi connectivity index (χ0n) is 11.1. The van der Waals surface area contributed by atoms with Crippen molar-refractivity contribution in [2.24, 2.45) is 11.7 Å². The molecule has 0 fully saturated rings. The topological polar surface area (TPSA) is 43.8 Å². The molecule has 16 heavy (non-hydrogen) atoms. The van der Waals surface area contributed by atoms with E-state index < -0.39 is 0 Å². The maximum atomic E-state index is 5.68. The SMILES string of the molecule is CCCCn1nc(C)c(CC(C)CN)c1C. The maximum Gasteiger partial charge on any atom is 0.0628 e. The molecular formula is C13H25N3. The fourth-order valence-electron chi connectivity index (χ4n) is 1.99. The van der Waals surface area contributed by atoms with Crippen LogP contribution < -0.4 is 5.73 Å². The summed E-state index contributed by atoms with van der Waals surface area (Å²) in [5.74, 6) is 0.543. The van der Waals surface area contributed by atoms with E-state index in [-0.39, 0.29) is 0 Å². The van der Waals surface area contributed by atoms with Crippen LogP contribution in [-0.2, 0) is 13.0 Å². The van der Waals surface area contributed by atoms with Crippen molar-refractivity contribution in [3.8, 4) is 0 Å². The minimum atomic E-state index is 0.543. The number of rotatable bonds is 6. The van der Waals surface area contributed by atoms with E-state index in [1.807, 2.05) is 0 Å². The van der Waals surface area contributed by atoms with Crippen LogP contribution in [0.2, 0.25) is 0 Å². The second kappa shape index (κ2) is 6.04. The zero-order valence-corrected chi connectivity index (χ0v) is 11.1. The molecule has 0 aliphatic rings. The Hall–Kier alpha value is -0.830. The van der Waals surface area contributed by atoms with Crippen molar-refractivity contribution in [2.75, 3.05) is 6.54 Å². The van der Waals surface area contributed by atoms with Crippen LogP contribution in [-0.4, -0.2) is 16.3 Å². The van der Waals surface area contributed by atoms with Gasteiger partial charge in [-0.1, -0.05) is 20.3 Å². The van der Waals surface area contributed by atoms with E-state index in [9.17, 15) is 0 Å². The first kappa shape index (κ1) is 13.2. The molecule has 1 heterocycles. The van der Waals surface area contributed by atoms with Crippen molar-refractivity contribution in [1.29, 1.82) is 0 Å². The van der Waals surface area contributed by atoms with E-state index in [1.165, 1.54) is 29.8 Å². The van der Waals surface area contributed by atoms with Gasteiger partial charge >= 0.3 is 0 Å². The predicted molar refractivity (Wildman–Crippen MR) is 68.5 cm³/mol. The van der Waals surface area contributed by atoms with E-state index in [4.69, 9.17) is 5.73 Å². The average molecular weight is 223 g/mol. The second-order valence-corrected chi connectivity index (χ2v) is 4.77. The Morgan fingerprint density at radius 1 is 1.38 bits per heavy atom. The number of nitrogens with zero attached hydrogens (tertiary/aromatic N) is 2. The molecule has 1 aromatic heterocycles. The molecule has 3 heteroatoms. The molecule has 92 valence electrons. The highest BCUT2D eigenvalue weighted by Gasteiger charge is 2.13. The summed E-state index contributed by atoms with van der Waals surface area (Å²) in [5.41, 5.74) is 9.58. The van der Waals surface area contributed by atoms with Gasteiger partial charge in [0.05, 0.1) is 5.69 Å². The van der Waals surface area contributed by atoms with Gasteiger partial charge in [-0.25, -0.2) is 0 Å². The second-order valence-electron chi connectivity index (χ2n) is 4.77. The Kier molecular flexibility index (Phi) is 5.00. The fraction of sp³-hybridized carbons (Fsp3) is 0.769. The summed E-state index contributed by atoms with van der Waals surface area (Å²) in [6.45, 7) is 10.5. The minimum Gasteiger partial charge on any atom is -0.330 e. The summed E-state index contributed by atoms with van der Waals surface area (Å²) >= 11 is 0. The van der Waals surface area contributed by atoms with Crippen molar-refractivity contribution in [3.05, 3.63) is 17.0 Å². The first-order valence-corrected chi connectivity index (χ1v) is 6.33. The Morgan fingerprint density at radius 2 is 2.06 bits per heavy atom. The summed E-state index contributed by atoms with van der Waals surface area (Å²) in [6.07, 6.45) is 3.47. The molecule has 1 aromatic rings. The van der Waals surface area contributed by atoms with E-state index in [0.717, 1.165) is 19.5 Å². The summed E-state index contributed by atoms with van der Waals surface area (Å²) in [4.78, 5) is 0. The molecule has 0 radical (unpaired) electrons. The molecule has 0 bridgehead atoms. The normalized spacial score (nSPS) is 13.1. The molecule has 0 saturated carbocycles. The zero-order chi connectivity index (χ0) is 12.1. The Balaban J connectivity index is 2.80. The lowest BCUT2D eigenvalue weighted by Crippen LogP contribution is -2.14. The standard InChI is InChI=1S/C13H25N3/c1-5-6-7-16-12(4)13(11(3)15-16)8-10(2)9-14/h10H,5-9,14H2,1-4H3. The molecule has 0 aliphatic carbocycles. The lowest BCUT2D eigenvalue weighted by molar-refractivity contribution is 0.552. The third-order valence-corrected chi connectivity index (χ3v) is 3.21. The molecule has 3 nitrogen and oxygen atoms in total. The van der Waals surface area contributed by atoms with E-state index in [0.29, 0.717) is 5.92 Å². The van der Waals surface area contributed by atoms with E-state index in [2.05, 4.69) is 37.5 Å². The lowest BCUT2D eigenvalue weighted by Gasteiger charge is -2.09. The number of aryl methyl sites for hydroxylation is 2. The molecule has 0 spiro atoms. The lowest BCUT2D eigenvalue weighted by atomic mass is 10.00. The quantitative estimate of drug-likeness (QED) is 0.805. The largest absolute Gasteiger partial charge is 0.330 e. The minimum absolute atomic E-state index is 0.543. The van der Waals surface area contributed by atoms with Gasteiger partial charge in [-0.15, -0.1) is 0 Å². The van der Waals surface area contributed by atoms with Crippen LogP contribution in [0.4, 0.5) is 0 Å². The summed E-state index contributed by atoms with van der Waals surface area (Å²) in [5, 5.41) is 4.61. The highest BCUT2D eigenvalue weighted by Crippen LogP contribution is 2.17. The van der Waals surface area contributed by atoms with Crippen LogP contribution in [0.25, 0.3) is 0 Å². The van der Waals surface area contributed by atoms with Gasteiger partial charge in [-0.2, -0.15) is 5.10 Å². The van der Waals surface area contributed by atoms with Crippen LogP contribution in [0.15, 0.2) is 0 Å². The molecule has 0 aliphatic heterocycles. The van der Waals surface area contributed by atoms with Gasteiger partial charge in [0.2, 0.25) is 0 Å². The van der Waals surface area contributed by atoms with Gasteiger partial charge in [0.25, 0.3) is 0 Å². The van der Waals surface area contributed by atoms with Crippen LogP contribution in [0.3, 0.4) is 0 Å². The third-order valence-electron chi connectivity index (χ3n) is 3.21. The molecule has 0 saturated heterocycles. The molecule has 1 unspecified atom stereocenters. The molecule has 0 aromatic carbocycles.